The lowest BCUT2D eigenvalue weighted by molar-refractivity contribution is -0.150. The highest BCUT2D eigenvalue weighted by Gasteiger charge is 2.18. The first-order valence-electron chi connectivity index (χ1n) is 17.9. The van der Waals surface area contributed by atoms with Crippen LogP contribution in [-0.4, -0.2) is 25.2 Å². The van der Waals surface area contributed by atoms with Crippen molar-refractivity contribution in [3.05, 3.63) is 0 Å². The fraction of sp³-hybridized carbons (Fsp3) is 0.944. The van der Waals surface area contributed by atoms with Gasteiger partial charge in [0, 0.05) is 18.8 Å². The number of ether oxygens (including phenoxy) is 2. The molecule has 0 rings (SSSR count). The van der Waals surface area contributed by atoms with Gasteiger partial charge in [0.15, 0.2) is 0 Å². The molecular formula is C36H70O4. The minimum Gasteiger partial charge on any atom is -0.465 e. The highest BCUT2D eigenvalue weighted by Crippen LogP contribution is 2.23. The lowest BCUT2D eigenvalue weighted by Gasteiger charge is -2.19. The normalized spacial score (nSPS) is 12.8. The number of carbonyl (C=O) groups excluding carboxylic acids is 2. The summed E-state index contributed by atoms with van der Waals surface area (Å²) in [6.45, 7) is 9.71. The molecule has 0 aliphatic rings. The van der Waals surface area contributed by atoms with Crippen LogP contribution in [0.2, 0.25) is 0 Å². The van der Waals surface area contributed by atoms with Crippen LogP contribution in [0.3, 0.4) is 0 Å². The quantitative estimate of drug-likeness (QED) is 0.0618. The van der Waals surface area contributed by atoms with Gasteiger partial charge in [0.2, 0.25) is 0 Å². The Morgan fingerprint density at radius 2 is 0.775 bits per heavy atom. The monoisotopic (exact) mass is 567 g/mol. The molecule has 2 atom stereocenters. The number of hydrogen-bond acceptors (Lipinski definition) is 4. The number of unbranched alkanes of at least 4 members (excludes halogenated alkanes) is 17. The van der Waals surface area contributed by atoms with E-state index in [1.54, 1.807) is 0 Å². The van der Waals surface area contributed by atoms with E-state index in [-0.39, 0.29) is 17.9 Å². The van der Waals surface area contributed by atoms with Crippen molar-refractivity contribution in [3.63, 3.8) is 0 Å². The third-order valence-electron chi connectivity index (χ3n) is 8.30. The van der Waals surface area contributed by atoms with Gasteiger partial charge < -0.3 is 9.47 Å². The van der Waals surface area contributed by atoms with Gasteiger partial charge in [0.25, 0.3) is 0 Å². The van der Waals surface area contributed by atoms with Crippen LogP contribution < -0.4 is 0 Å². The Morgan fingerprint density at radius 1 is 0.425 bits per heavy atom. The summed E-state index contributed by atoms with van der Waals surface area (Å²) in [5, 5.41) is 0. The molecule has 0 aliphatic carbocycles. The number of hydrogen-bond donors (Lipinski definition) is 0. The smallest absolute Gasteiger partial charge is 0.306 e. The van der Waals surface area contributed by atoms with E-state index in [0.717, 1.165) is 51.4 Å². The molecule has 2 unspecified atom stereocenters. The van der Waals surface area contributed by atoms with Crippen molar-refractivity contribution in [2.24, 2.45) is 11.8 Å². The maximum Gasteiger partial charge on any atom is 0.306 e. The van der Waals surface area contributed by atoms with Gasteiger partial charge in [-0.3, -0.25) is 9.59 Å². The first-order valence-corrected chi connectivity index (χ1v) is 17.9. The van der Waals surface area contributed by atoms with Crippen LogP contribution in [0.5, 0.6) is 0 Å². The van der Waals surface area contributed by atoms with Gasteiger partial charge >= 0.3 is 11.9 Å². The van der Waals surface area contributed by atoms with Crippen molar-refractivity contribution in [1.29, 1.82) is 0 Å². The van der Waals surface area contributed by atoms with Crippen molar-refractivity contribution in [2.75, 3.05) is 13.2 Å². The minimum absolute atomic E-state index is 0.0581. The van der Waals surface area contributed by atoms with E-state index in [1.165, 1.54) is 103 Å². The topological polar surface area (TPSA) is 52.6 Å². The molecule has 0 amide bonds. The molecule has 0 fully saturated rings. The first-order chi connectivity index (χ1) is 19.6. The van der Waals surface area contributed by atoms with E-state index in [1.807, 2.05) is 0 Å². The maximum absolute atomic E-state index is 12.8. The average Bonchev–Trinajstić information content (AvgIpc) is 2.95. The van der Waals surface area contributed by atoms with Crippen LogP contribution in [-0.2, 0) is 19.1 Å². The molecule has 0 heterocycles. The lowest BCUT2D eigenvalue weighted by atomic mass is 9.91. The maximum atomic E-state index is 12.8. The number of esters is 2. The van der Waals surface area contributed by atoms with Gasteiger partial charge in [-0.15, -0.1) is 0 Å². The molecule has 0 radical (unpaired) electrons. The third-order valence-corrected chi connectivity index (χ3v) is 8.30. The van der Waals surface area contributed by atoms with Gasteiger partial charge in [-0.05, 0) is 31.6 Å². The average molecular weight is 567 g/mol. The zero-order valence-corrected chi connectivity index (χ0v) is 27.6. The molecule has 0 N–H and O–H groups in total. The van der Waals surface area contributed by atoms with Crippen LogP contribution in [0.25, 0.3) is 0 Å². The predicted octanol–water partition coefficient (Wildman–Crippen LogP) is 11.5. The first kappa shape index (κ1) is 38.9. The third kappa shape index (κ3) is 27.1. The van der Waals surface area contributed by atoms with Gasteiger partial charge in [0.05, 0.1) is 13.2 Å². The van der Waals surface area contributed by atoms with Gasteiger partial charge in [-0.25, -0.2) is 0 Å². The second kappa shape index (κ2) is 30.9. The Balaban J connectivity index is 4.46. The van der Waals surface area contributed by atoms with Crippen LogP contribution in [0, 0.1) is 11.8 Å². The summed E-state index contributed by atoms with van der Waals surface area (Å²) in [5.74, 6) is 0.402. The van der Waals surface area contributed by atoms with E-state index in [9.17, 15) is 9.59 Å². The van der Waals surface area contributed by atoms with E-state index in [0.29, 0.717) is 32.0 Å². The van der Waals surface area contributed by atoms with E-state index >= 15 is 0 Å². The van der Waals surface area contributed by atoms with E-state index < -0.39 is 0 Å². The number of carbonyl (C=O) groups is 2. The molecular weight excluding hydrogens is 496 g/mol. The molecule has 0 saturated carbocycles. The minimum atomic E-state index is -0.0936. The second-order valence-corrected chi connectivity index (χ2v) is 12.4. The van der Waals surface area contributed by atoms with Crippen LogP contribution >= 0.6 is 0 Å². The Kier molecular flexibility index (Phi) is 30.1. The van der Waals surface area contributed by atoms with E-state index in [2.05, 4.69) is 27.7 Å². The highest BCUT2D eigenvalue weighted by molar-refractivity contribution is 5.70. The van der Waals surface area contributed by atoms with Gasteiger partial charge in [-0.1, -0.05) is 156 Å². The van der Waals surface area contributed by atoms with Crippen molar-refractivity contribution < 1.29 is 19.1 Å². The molecule has 0 spiro atoms. The molecule has 0 aromatic carbocycles. The SMILES string of the molecule is CCCCCCCCCCC(=O)OCC(CCCCC)COC(=O)CC(CCCCCC)CCCCCCCC. The molecule has 0 aliphatic heterocycles. The molecule has 4 heteroatoms. The zero-order valence-electron chi connectivity index (χ0n) is 27.6. The summed E-state index contributed by atoms with van der Waals surface area (Å²) in [6.07, 6.45) is 30.3. The fourth-order valence-electron chi connectivity index (χ4n) is 5.51. The standard InChI is InChI=1S/C36H70O4/c1-5-9-13-16-18-19-21-25-29-35(37)39-31-34(28-22-12-8-4)32-40-36(38)30-33(26-23-15-11-7-3)27-24-20-17-14-10-6-2/h33-34H,5-32H2,1-4H3. The molecule has 0 aromatic rings. The molecule has 0 saturated heterocycles. The Bertz CT molecular complexity index is 547. The fourth-order valence-corrected chi connectivity index (χ4v) is 5.51. The van der Waals surface area contributed by atoms with Crippen LogP contribution in [0.1, 0.15) is 195 Å². The Labute approximate surface area is 250 Å². The van der Waals surface area contributed by atoms with Crippen LogP contribution in [0.4, 0.5) is 0 Å². The zero-order chi connectivity index (χ0) is 29.5. The van der Waals surface area contributed by atoms with Gasteiger partial charge in [-0.2, -0.15) is 0 Å². The Morgan fingerprint density at radius 3 is 1.30 bits per heavy atom. The highest BCUT2D eigenvalue weighted by atomic mass is 16.5. The molecule has 40 heavy (non-hydrogen) atoms. The summed E-state index contributed by atoms with van der Waals surface area (Å²) in [6, 6.07) is 0. The predicted molar refractivity (Wildman–Crippen MR) is 172 cm³/mol. The number of rotatable bonds is 31. The van der Waals surface area contributed by atoms with Crippen molar-refractivity contribution in [2.45, 2.75) is 195 Å². The molecule has 0 aromatic heterocycles. The summed E-state index contributed by atoms with van der Waals surface area (Å²) >= 11 is 0. The summed E-state index contributed by atoms with van der Waals surface area (Å²) in [7, 11) is 0. The molecule has 238 valence electrons. The lowest BCUT2D eigenvalue weighted by Crippen LogP contribution is -2.22. The molecule has 0 bridgehead atoms. The van der Waals surface area contributed by atoms with Gasteiger partial charge in [0.1, 0.15) is 0 Å². The summed E-state index contributed by atoms with van der Waals surface area (Å²) in [5.41, 5.74) is 0. The molecule has 4 nitrogen and oxygen atoms in total. The van der Waals surface area contributed by atoms with Crippen LogP contribution in [0.15, 0.2) is 0 Å². The van der Waals surface area contributed by atoms with Crippen molar-refractivity contribution >= 4 is 11.9 Å². The van der Waals surface area contributed by atoms with Crippen molar-refractivity contribution in [3.8, 4) is 0 Å². The van der Waals surface area contributed by atoms with E-state index in [4.69, 9.17) is 9.47 Å². The second-order valence-electron chi connectivity index (χ2n) is 12.4. The van der Waals surface area contributed by atoms with Crippen molar-refractivity contribution in [1.82, 2.24) is 0 Å². The summed E-state index contributed by atoms with van der Waals surface area (Å²) < 4.78 is 11.5. The summed E-state index contributed by atoms with van der Waals surface area (Å²) in [4.78, 5) is 25.2. The Hall–Kier alpha value is -1.06. The largest absolute Gasteiger partial charge is 0.465 e.